The lowest BCUT2D eigenvalue weighted by molar-refractivity contribution is -0.145. The highest BCUT2D eigenvalue weighted by Crippen LogP contribution is 2.10. The number of furan rings is 1. The normalized spacial score (nSPS) is 15.5. The summed E-state index contributed by atoms with van der Waals surface area (Å²) < 4.78 is 5.09. The van der Waals surface area contributed by atoms with Gasteiger partial charge in [-0.2, -0.15) is 0 Å². The van der Waals surface area contributed by atoms with Gasteiger partial charge in [-0.3, -0.25) is 14.9 Å². The van der Waals surface area contributed by atoms with Crippen molar-refractivity contribution in [3.05, 3.63) is 24.2 Å². The number of rotatable bonds is 7. The molecule has 1 amide bonds. The molecule has 106 valence electrons. The van der Waals surface area contributed by atoms with E-state index in [9.17, 15) is 9.59 Å². The Morgan fingerprint density at radius 2 is 2.21 bits per heavy atom. The van der Waals surface area contributed by atoms with E-state index < -0.39 is 17.6 Å². The van der Waals surface area contributed by atoms with Crippen molar-refractivity contribution in [1.29, 1.82) is 0 Å². The second-order valence-electron chi connectivity index (χ2n) is 4.65. The van der Waals surface area contributed by atoms with Crippen molar-refractivity contribution in [2.45, 2.75) is 45.3 Å². The third-order valence-electron chi connectivity index (χ3n) is 3.12. The molecule has 19 heavy (non-hydrogen) atoms. The fourth-order valence-electron chi connectivity index (χ4n) is 1.60. The van der Waals surface area contributed by atoms with Crippen LogP contribution in [0.15, 0.2) is 22.8 Å². The molecule has 0 saturated carbocycles. The second kappa shape index (κ2) is 6.38. The van der Waals surface area contributed by atoms with Gasteiger partial charge in [0.15, 0.2) is 0 Å². The molecular formula is C13H20N2O4. The predicted octanol–water partition coefficient (Wildman–Crippen LogP) is 1.13. The summed E-state index contributed by atoms with van der Waals surface area (Å²) in [6.45, 7) is 5.24. The summed E-state index contributed by atoms with van der Waals surface area (Å²) in [4.78, 5) is 23.0. The zero-order valence-electron chi connectivity index (χ0n) is 11.4. The molecule has 0 bridgehead atoms. The van der Waals surface area contributed by atoms with Crippen LogP contribution in [0.4, 0.5) is 0 Å². The van der Waals surface area contributed by atoms with E-state index in [0.717, 1.165) is 0 Å². The number of carboxylic acid groups (broad SMARTS) is 1. The van der Waals surface area contributed by atoms with Crippen molar-refractivity contribution in [3.8, 4) is 0 Å². The smallest absolute Gasteiger partial charge is 0.323 e. The van der Waals surface area contributed by atoms with Gasteiger partial charge in [0.1, 0.15) is 11.3 Å². The van der Waals surface area contributed by atoms with E-state index in [1.807, 2.05) is 0 Å². The highest BCUT2D eigenvalue weighted by atomic mass is 16.4. The van der Waals surface area contributed by atoms with E-state index in [0.29, 0.717) is 12.2 Å². The van der Waals surface area contributed by atoms with E-state index >= 15 is 0 Å². The molecule has 1 aromatic heterocycles. The zero-order valence-corrected chi connectivity index (χ0v) is 11.4. The molecule has 2 atom stereocenters. The molecule has 0 spiro atoms. The number of aliphatic carboxylic acids is 1. The van der Waals surface area contributed by atoms with E-state index in [2.05, 4.69) is 10.6 Å². The van der Waals surface area contributed by atoms with E-state index in [-0.39, 0.29) is 12.5 Å². The van der Waals surface area contributed by atoms with Crippen LogP contribution in [-0.4, -0.2) is 28.6 Å². The molecule has 3 N–H and O–H groups in total. The lowest BCUT2D eigenvalue weighted by Gasteiger charge is -2.28. The van der Waals surface area contributed by atoms with Crippen LogP contribution < -0.4 is 10.6 Å². The molecular weight excluding hydrogens is 248 g/mol. The molecule has 0 fully saturated rings. The van der Waals surface area contributed by atoms with Gasteiger partial charge in [-0.15, -0.1) is 0 Å². The number of hydrogen-bond donors (Lipinski definition) is 3. The van der Waals surface area contributed by atoms with Gasteiger partial charge in [0, 0.05) is 0 Å². The number of hydrogen-bond acceptors (Lipinski definition) is 4. The van der Waals surface area contributed by atoms with Crippen molar-refractivity contribution < 1.29 is 19.1 Å². The molecule has 2 unspecified atom stereocenters. The number of amides is 1. The van der Waals surface area contributed by atoms with Crippen molar-refractivity contribution in [2.24, 2.45) is 0 Å². The number of carbonyl (C=O) groups is 2. The van der Waals surface area contributed by atoms with Crippen LogP contribution in [0, 0.1) is 0 Å². The first-order valence-electron chi connectivity index (χ1n) is 6.20. The first-order valence-corrected chi connectivity index (χ1v) is 6.20. The van der Waals surface area contributed by atoms with Crippen molar-refractivity contribution in [1.82, 2.24) is 10.6 Å². The van der Waals surface area contributed by atoms with E-state index in [1.54, 1.807) is 32.9 Å². The van der Waals surface area contributed by atoms with Gasteiger partial charge in [-0.1, -0.05) is 6.92 Å². The maximum atomic E-state index is 11.8. The SMILES string of the molecule is CCC(C)(NC(C)C(=O)NCc1ccco1)C(=O)O. The van der Waals surface area contributed by atoms with Crippen LogP contribution in [0.1, 0.15) is 33.0 Å². The number of carbonyl (C=O) groups excluding carboxylic acids is 1. The molecule has 1 rings (SSSR count). The average molecular weight is 268 g/mol. The number of carboxylic acids is 1. The molecule has 0 aliphatic carbocycles. The van der Waals surface area contributed by atoms with Crippen molar-refractivity contribution >= 4 is 11.9 Å². The van der Waals surface area contributed by atoms with E-state index in [1.165, 1.54) is 6.26 Å². The fourth-order valence-corrected chi connectivity index (χ4v) is 1.60. The third-order valence-corrected chi connectivity index (χ3v) is 3.12. The molecule has 6 heteroatoms. The van der Waals surface area contributed by atoms with Gasteiger partial charge in [0.25, 0.3) is 0 Å². The minimum absolute atomic E-state index is 0.266. The Balaban J connectivity index is 2.50. The first kappa shape index (κ1) is 15.2. The molecule has 6 nitrogen and oxygen atoms in total. The zero-order chi connectivity index (χ0) is 14.5. The van der Waals surface area contributed by atoms with Gasteiger partial charge in [0.2, 0.25) is 5.91 Å². The third kappa shape index (κ3) is 4.10. The molecule has 0 aliphatic heterocycles. The molecule has 0 saturated heterocycles. The Hall–Kier alpha value is -1.82. The highest BCUT2D eigenvalue weighted by Gasteiger charge is 2.33. The monoisotopic (exact) mass is 268 g/mol. The van der Waals surface area contributed by atoms with Crippen LogP contribution in [0.25, 0.3) is 0 Å². The summed E-state index contributed by atoms with van der Waals surface area (Å²) >= 11 is 0. The van der Waals surface area contributed by atoms with Crippen molar-refractivity contribution in [3.63, 3.8) is 0 Å². The average Bonchev–Trinajstić information content (AvgIpc) is 2.88. The Bertz CT molecular complexity index is 430. The summed E-state index contributed by atoms with van der Waals surface area (Å²) in [5.74, 6) is -0.588. The lowest BCUT2D eigenvalue weighted by Crippen LogP contribution is -2.56. The van der Waals surface area contributed by atoms with Gasteiger partial charge in [-0.25, -0.2) is 0 Å². The van der Waals surface area contributed by atoms with Crippen molar-refractivity contribution in [2.75, 3.05) is 0 Å². The van der Waals surface area contributed by atoms with Crippen LogP contribution in [0.5, 0.6) is 0 Å². The Kier molecular flexibility index (Phi) is 5.11. The molecule has 0 aliphatic rings. The summed E-state index contributed by atoms with van der Waals surface area (Å²) in [7, 11) is 0. The Morgan fingerprint density at radius 1 is 1.53 bits per heavy atom. The minimum Gasteiger partial charge on any atom is -0.480 e. The van der Waals surface area contributed by atoms with Crippen LogP contribution in [-0.2, 0) is 16.1 Å². The summed E-state index contributed by atoms with van der Waals surface area (Å²) in [5, 5.41) is 14.6. The van der Waals surface area contributed by atoms with Gasteiger partial charge in [0.05, 0.1) is 18.8 Å². The quantitative estimate of drug-likeness (QED) is 0.689. The molecule has 1 aromatic rings. The largest absolute Gasteiger partial charge is 0.480 e. The van der Waals surface area contributed by atoms with Gasteiger partial charge in [-0.05, 0) is 32.4 Å². The predicted molar refractivity (Wildman–Crippen MR) is 69.5 cm³/mol. The lowest BCUT2D eigenvalue weighted by atomic mass is 9.98. The van der Waals surface area contributed by atoms with Crippen LogP contribution in [0.3, 0.4) is 0 Å². The van der Waals surface area contributed by atoms with E-state index in [4.69, 9.17) is 9.52 Å². The van der Waals surface area contributed by atoms with Crippen LogP contribution in [0.2, 0.25) is 0 Å². The maximum absolute atomic E-state index is 11.8. The highest BCUT2D eigenvalue weighted by molar-refractivity contribution is 5.84. The minimum atomic E-state index is -1.11. The molecule has 1 heterocycles. The van der Waals surface area contributed by atoms with Crippen LogP contribution >= 0.6 is 0 Å². The standard InChI is InChI=1S/C13H20N2O4/c1-4-13(3,12(17)18)15-9(2)11(16)14-8-10-6-5-7-19-10/h5-7,9,15H,4,8H2,1-3H3,(H,14,16)(H,17,18). The maximum Gasteiger partial charge on any atom is 0.323 e. The second-order valence-corrected chi connectivity index (χ2v) is 4.65. The Labute approximate surface area is 112 Å². The van der Waals surface area contributed by atoms with Gasteiger partial charge < -0.3 is 14.8 Å². The first-order chi connectivity index (χ1) is 8.89. The number of nitrogens with one attached hydrogen (secondary N) is 2. The summed E-state index contributed by atoms with van der Waals surface area (Å²) in [6.07, 6.45) is 1.92. The summed E-state index contributed by atoms with van der Waals surface area (Å²) in [5.41, 5.74) is -1.11. The summed E-state index contributed by atoms with van der Waals surface area (Å²) in [6, 6.07) is 2.89. The molecule has 0 radical (unpaired) electrons. The molecule has 0 aromatic carbocycles. The fraction of sp³-hybridized carbons (Fsp3) is 0.538. The topological polar surface area (TPSA) is 91.6 Å². The Morgan fingerprint density at radius 3 is 2.68 bits per heavy atom. The van der Waals surface area contributed by atoms with Gasteiger partial charge >= 0.3 is 5.97 Å².